The Morgan fingerprint density at radius 1 is 1.05 bits per heavy atom. The molecule has 16 heteroatoms. The molecule has 3 N–H and O–H groups in total. The molecule has 0 spiro atoms. The van der Waals surface area contributed by atoms with E-state index in [2.05, 4.69) is 65.4 Å². The van der Waals surface area contributed by atoms with Crippen LogP contribution >= 0.6 is 22.9 Å². The number of aromatic nitrogens is 2. The molecule has 5 aromatic rings. The molecule has 0 radical (unpaired) electrons. The van der Waals surface area contributed by atoms with E-state index in [9.17, 15) is 22.8 Å². The molecule has 1 saturated heterocycles. The zero-order chi connectivity index (χ0) is 44.9. The molecule has 13 nitrogen and oxygen atoms in total. The number of thiazole rings is 1. The number of fused-ring (bicyclic) bond motifs is 2. The fraction of sp³-hybridized carbons (Fsp3) is 0.370. The lowest BCUT2D eigenvalue weighted by Gasteiger charge is -2.35. The van der Waals surface area contributed by atoms with Crippen molar-refractivity contribution < 1.29 is 32.3 Å². The Morgan fingerprint density at radius 3 is 2.42 bits per heavy atom. The first-order chi connectivity index (χ1) is 29.6. The van der Waals surface area contributed by atoms with Crippen molar-refractivity contribution in [2.75, 3.05) is 19.0 Å². The van der Waals surface area contributed by atoms with Crippen LogP contribution in [0.15, 0.2) is 84.4 Å². The van der Waals surface area contributed by atoms with Crippen molar-refractivity contribution in [3.63, 3.8) is 0 Å². The summed E-state index contributed by atoms with van der Waals surface area (Å²) in [6.07, 6.45) is 11.8. The molecule has 62 heavy (non-hydrogen) atoms. The van der Waals surface area contributed by atoms with Crippen LogP contribution in [-0.4, -0.2) is 84.6 Å². The van der Waals surface area contributed by atoms with E-state index in [1.165, 1.54) is 11.3 Å². The van der Waals surface area contributed by atoms with Gasteiger partial charge in [-0.3, -0.25) is 19.1 Å². The molecule has 2 aliphatic carbocycles. The molecule has 3 amide bonds. The number of halogens is 1. The number of hydrogen-bond donors (Lipinski definition) is 3. The number of nitrogens with one attached hydrogen (secondary N) is 3. The quantitative estimate of drug-likeness (QED) is 0.0608. The van der Waals surface area contributed by atoms with E-state index < -0.39 is 33.6 Å². The van der Waals surface area contributed by atoms with Crippen LogP contribution in [-0.2, 0) is 24.4 Å². The standard InChI is InChI=1S/C40H42ClN5O4S.C4H7NO3S.C2H2/c1-22(2)29-18-31(29)43-36(47)33-17-27(50-37-30-16-26(41)13-14-28(30)34(49-6)19-42-37)20-46(33)38(48)35(40(3,4)5)45-39-44-32(21-51-39)25-12-11-23-9-7-8-10-24(23)15-25;6-3-5-9(7,8)4-1-2-4;1-2/h7-16,19,21,27,29,31,33,35H,1,17-18,20H2,2-6H3,(H,43,47)(H,44,45);3-4H,1-2H2,(H,5,6);1-2H/t27-,29+,31-,33+,35-;;/m1../s1. The van der Waals surface area contributed by atoms with Gasteiger partial charge in [-0.1, -0.05) is 80.9 Å². The summed E-state index contributed by atoms with van der Waals surface area (Å²) in [6, 6.07) is 18.5. The Kier molecular flexibility index (Phi) is 14.2. The smallest absolute Gasteiger partial charge is 0.246 e. The maximum absolute atomic E-state index is 14.7. The fourth-order valence-electron chi connectivity index (χ4n) is 7.43. The topological polar surface area (TPSA) is 169 Å². The van der Waals surface area contributed by atoms with Gasteiger partial charge in [0.15, 0.2) is 5.13 Å². The number of pyridine rings is 1. The average molecular weight is 900 g/mol. The maximum atomic E-state index is 14.7. The molecular formula is C46H51ClN6O7S2. The van der Waals surface area contributed by atoms with Crippen molar-refractivity contribution in [3.8, 4) is 35.7 Å². The summed E-state index contributed by atoms with van der Waals surface area (Å²) < 4.78 is 35.1. The second-order valence-electron chi connectivity index (χ2n) is 16.6. The van der Waals surface area contributed by atoms with E-state index in [1.54, 1.807) is 35.1 Å². The fourth-order valence-corrected chi connectivity index (χ4v) is 9.44. The first-order valence-electron chi connectivity index (χ1n) is 20.1. The monoisotopic (exact) mass is 898 g/mol. The molecule has 2 saturated carbocycles. The minimum absolute atomic E-state index is 0.0154. The van der Waals surface area contributed by atoms with Gasteiger partial charge in [-0.05, 0) is 66.6 Å². The Morgan fingerprint density at radius 2 is 1.77 bits per heavy atom. The molecule has 3 heterocycles. The number of benzene rings is 3. The van der Waals surface area contributed by atoms with Crippen LogP contribution in [0.4, 0.5) is 5.13 Å². The van der Waals surface area contributed by atoms with Gasteiger partial charge >= 0.3 is 0 Å². The number of carbonyl (C=O) groups excluding carboxylic acids is 3. The van der Waals surface area contributed by atoms with E-state index in [0.717, 1.165) is 39.4 Å². The van der Waals surface area contributed by atoms with Crippen LogP contribution in [0.3, 0.4) is 0 Å². The van der Waals surface area contributed by atoms with Gasteiger partial charge in [-0.2, -0.15) is 0 Å². The van der Waals surface area contributed by atoms with Crippen molar-refractivity contribution >= 4 is 77.9 Å². The number of nitrogens with zero attached hydrogens (tertiary/aromatic N) is 3. The van der Waals surface area contributed by atoms with Crippen molar-refractivity contribution in [1.82, 2.24) is 24.9 Å². The predicted octanol–water partition coefficient (Wildman–Crippen LogP) is 7.60. The number of rotatable bonds is 13. The van der Waals surface area contributed by atoms with Crippen LogP contribution in [0, 0.1) is 24.2 Å². The second kappa shape index (κ2) is 19.1. The highest BCUT2D eigenvalue weighted by molar-refractivity contribution is 7.90. The maximum Gasteiger partial charge on any atom is 0.246 e. The highest BCUT2D eigenvalue weighted by Crippen LogP contribution is 2.39. The Hall–Kier alpha value is -5.69. The molecular weight excluding hydrogens is 848 g/mol. The normalized spacial score (nSPS) is 19.8. The third-order valence-electron chi connectivity index (χ3n) is 11.0. The van der Waals surface area contributed by atoms with Gasteiger partial charge in [0.25, 0.3) is 0 Å². The number of methoxy groups -OCH3 is 1. The molecule has 3 aliphatic rings. The highest BCUT2D eigenvalue weighted by atomic mass is 35.5. The summed E-state index contributed by atoms with van der Waals surface area (Å²) in [5.74, 6) is 0.817. The molecule has 326 valence electrons. The summed E-state index contributed by atoms with van der Waals surface area (Å²) in [6.45, 7) is 12.3. The lowest BCUT2D eigenvalue weighted by atomic mass is 9.85. The van der Waals surface area contributed by atoms with Crippen LogP contribution < -0.4 is 24.8 Å². The van der Waals surface area contributed by atoms with Crippen LogP contribution in [0.1, 0.15) is 53.4 Å². The molecule has 3 aromatic carbocycles. The first-order valence-corrected chi connectivity index (χ1v) is 22.9. The number of sulfonamides is 1. The summed E-state index contributed by atoms with van der Waals surface area (Å²) in [5.41, 5.74) is 2.36. The van der Waals surface area contributed by atoms with Gasteiger partial charge in [0, 0.05) is 45.1 Å². The first kappa shape index (κ1) is 45.8. The Bertz CT molecular complexity index is 2600. The summed E-state index contributed by atoms with van der Waals surface area (Å²) in [5, 5.41) is 13.3. The van der Waals surface area contributed by atoms with Gasteiger partial charge in [-0.25, -0.2) is 18.4 Å². The molecule has 2 aromatic heterocycles. The molecule has 3 fully saturated rings. The van der Waals surface area contributed by atoms with Gasteiger partial charge in [-0.15, -0.1) is 24.2 Å². The number of ether oxygens (including phenoxy) is 2. The van der Waals surface area contributed by atoms with Crippen molar-refractivity contribution in [2.45, 2.75) is 82.9 Å². The molecule has 8 rings (SSSR count). The summed E-state index contributed by atoms with van der Waals surface area (Å²) in [7, 11) is -1.67. The van der Waals surface area contributed by atoms with Crippen LogP contribution in [0.2, 0.25) is 5.02 Å². The Labute approximate surface area is 371 Å². The third kappa shape index (κ3) is 10.7. The summed E-state index contributed by atoms with van der Waals surface area (Å²) in [4.78, 5) is 49.4. The van der Waals surface area contributed by atoms with Crippen molar-refractivity contribution in [3.05, 3.63) is 89.4 Å². The number of anilines is 1. The predicted molar refractivity (Wildman–Crippen MR) is 246 cm³/mol. The largest absolute Gasteiger partial charge is 0.494 e. The number of likely N-dealkylation sites (tertiary alicyclic amines) is 1. The lowest BCUT2D eigenvalue weighted by Crippen LogP contribution is -2.54. The van der Waals surface area contributed by atoms with E-state index in [1.807, 2.05) is 51.3 Å². The third-order valence-corrected chi connectivity index (χ3v) is 13.8. The molecule has 1 aliphatic heterocycles. The van der Waals surface area contributed by atoms with Gasteiger partial charge in [0.2, 0.25) is 34.1 Å². The van der Waals surface area contributed by atoms with E-state index in [4.69, 9.17) is 26.1 Å². The SMILES string of the molecule is C#C.C=C(C)[C@@H]1C[C@H]1NC(=O)[C@@H]1C[C@@H](Oc2ncc(OC)c3ccc(Cl)cc23)CN1C(=O)[C@@H](Nc1nc(-c2ccc3ccccc3c2)cs1)C(C)(C)C.O=CNS(=O)(=O)C1CC1. The number of hydrogen-bond acceptors (Lipinski definition) is 11. The van der Waals surface area contributed by atoms with Crippen molar-refractivity contribution in [1.29, 1.82) is 0 Å². The van der Waals surface area contributed by atoms with Crippen molar-refractivity contribution in [2.24, 2.45) is 11.3 Å². The van der Waals surface area contributed by atoms with Crippen LogP contribution in [0.25, 0.3) is 32.8 Å². The summed E-state index contributed by atoms with van der Waals surface area (Å²) >= 11 is 7.83. The van der Waals surface area contributed by atoms with E-state index >= 15 is 0 Å². The zero-order valence-electron chi connectivity index (χ0n) is 35.3. The van der Waals surface area contributed by atoms with Gasteiger partial charge < -0.3 is 25.0 Å². The number of carbonyl (C=O) groups is 3. The second-order valence-corrected chi connectivity index (χ2v) is 19.9. The van der Waals surface area contributed by atoms with Gasteiger partial charge in [0.05, 0.1) is 30.8 Å². The lowest BCUT2D eigenvalue weighted by molar-refractivity contribution is -0.140. The minimum Gasteiger partial charge on any atom is -0.494 e. The highest BCUT2D eigenvalue weighted by Gasteiger charge is 2.48. The van der Waals surface area contributed by atoms with E-state index in [-0.39, 0.29) is 42.0 Å². The Balaban J connectivity index is 0.000000514. The van der Waals surface area contributed by atoms with Crippen LogP contribution in [0.5, 0.6) is 11.6 Å². The molecule has 0 unspecified atom stereocenters. The number of amides is 3. The molecule has 5 atom stereocenters. The minimum atomic E-state index is -3.26. The number of terminal acetylenes is 1. The van der Waals surface area contributed by atoms with Gasteiger partial charge in [0.1, 0.15) is 23.9 Å². The zero-order valence-corrected chi connectivity index (χ0v) is 37.6. The van der Waals surface area contributed by atoms with E-state index in [0.29, 0.717) is 46.4 Å². The average Bonchev–Trinajstić information content (AvgIpc) is 4.16. The molecule has 0 bridgehead atoms.